The van der Waals surface area contributed by atoms with Crippen LogP contribution in [0.1, 0.15) is 5.56 Å². The van der Waals surface area contributed by atoms with Gasteiger partial charge in [-0.25, -0.2) is 17.2 Å². The van der Waals surface area contributed by atoms with E-state index in [4.69, 9.17) is 16.7 Å². The molecule has 0 saturated heterocycles. The number of para-hydroxylation sites is 1. The van der Waals surface area contributed by atoms with Crippen molar-refractivity contribution in [2.24, 2.45) is 0 Å². The summed E-state index contributed by atoms with van der Waals surface area (Å²) in [6, 6.07) is 7.55. The van der Waals surface area contributed by atoms with E-state index in [-0.39, 0.29) is 10.7 Å². The van der Waals surface area contributed by atoms with Crippen LogP contribution in [0.15, 0.2) is 41.3 Å². The zero-order chi connectivity index (χ0) is 15.6. The van der Waals surface area contributed by atoms with Gasteiger partial charge in [0.05, 0.1) is 22.9 Å². The molecule has 0 heterocycles. The molecule has 0 unspecified atom stereocenters. The largest absolute Gasteiger partial charge is 0.391 e. The summed E-state index contributed by atoms with van der Waals surface area (Å²) in [5, 5.41) is 9.04. The number of rotatable bonds is 4. The molecular formula is C13H10ClF2NO3S. The van der Waals surface area contributed by atoms with Crippen molar-refractivity contribution in [2.75, 3.05) is 4.72 Å². The number of hydrogen-bond donors (Lipinski definition) is 2. The van der Waals surface area contributed by atoms with Gasteiger partial charge in [0.1, 0.15) is 10.7 Å². The lowest BCUT2D eigenvalue weighted by molar-refractivity contribution is 0.267. The third-order valence-electron chi connectivity index (χ3n) is 2.72. The van der Waals surface area contributed by atoms with Crippen molar-refractivity contribution in [1.82, 2.24) is 0 Å². The quantitative estimate of drug-likeness (QED) is 0.904. The predicted molar refractivity (Wildman–Crippen MR) is 74.5 cm³/mol. The highest BCUT2D eigenvalue weighted by molar-refractivity contribution is 7.92. The number of benzene rings is 2. The highest BCUT2D eigenvalue weighted by atomic mass is 35.5. The molecule has 4 nitrogen and oxygen atoms in total. The third-order valence-corrected chi connectivity index (χ3v) is 4.43. The van der Waals surface area contributed by atoms with Crippen LogP contribution in [0, 0.1) is 11.6 Å². The topological polar surface area (TPSA) is 66.4 Å². The van der Waals surface area contributed by atoms with Gasteiger partial charge >= 0.3 is 0 Å². The van der Waals surface area contributed by atoms with E-state index in [1.54, 1.807) is 12.1 Å². The van der Waals surface area contributed by atoms with Crippen molar-refractivity contribution in [3.05, 3.63) is 58.6 Å². The molecule has 0 amide bonds. The van der Waals surface area contributed by atoms with Crippen LogP contribution >= 0.6 is 11.6 Å². The summed E-state index contributed by atoms with van der Waals surface area (Å²) in [5.41, 5.74) is -0.648. The number of halogens is 3. The van der Waals surface area contributed by atoms with E-state index in [2.05, 4.69) is 4.72 Å². The number of hydrogen-bond acceptors (Lipinski definition) is 3. The van der Waals surface area contributed by atoms with Crippen LogP contribution in [0.5, 0.6) is 0 Å². The Morgan fingerprint density at radius 2 is 1.81 bits per heavy atom. The maximum atomic E-state index is 14.0. The van der Waals surface area contributed by atoms with E-state index in [9.17, 15) is 17.2 Å². The number of nitrogens with one attached hydrogen (secondary N) is 1. The molecule has 0 aliphatic heterocycles. The minimum absolute atomic E-state index is 0.0634. The molecule has 0 atom stereocenters. The second-order valence-electron chi connectivity index (χ2n) is 4.08. The average molecular weight is 334 g/mol. The molecule has 2 aromatic rings. The van der Waals surface area contributed by atoms with Crippen LogP contribution in [0.2, 0.25) is 5.02 Å². The van der Waals surface area contributed by atoms with E-state index < -0.39 is 38.7 Å². The Balaban J connectivity index is 2.48. The fourth-order valence-corrected chi connectivity index (χ4v) is 3.10. The molecule has 21 heavy (non-hydrogen) atoms. The number of sulfonamides is 1. The average Bonchev–Trinajstić information content (AvgIpc) is 2.41. The molecule has 0 radical (unpaired) electrons. The summed E-state index contributed by atoms with van der Waals surface area (Å²) in [5.74, 6) is -2.36. The van der Waals surface area contributed by atoms with Crippen LogP contribution in [-0.2, 0) is 16.6 Å². The zero-order valence-electron chi connectivity index (χ0n) is 10.5. The molecule has 0 saturated carbocycles. The molecule has 8 heteroatoms. The minimum Gasteiger partial charge on any atom is -0.391 e. The highest BCUT2D eigenvalue weighted by Crippen LogP contribution is 2.26. The Labute approximate surface area is 125 Å². The Morgan fingerprint density at radius 1 is 1.14 bits per heavy atom. The smallest absolute Gasteiger partial charge is 0.264 e. The van der Waals surface area contributed by atoms with Gasteiger partial charge in [-0.2, -0.15) is 0 Å². The van der Waals surface area contributed by atoms with E-state index in [1.807, 2.05) is 0 Å². The van der Waals surface area contributed by atoms with Crippen LogP contribution in [0.25, 0.3) is 0 Å². The van der Waals surface area contributed by atoms with Gasteiger partial charge in [0.15, 0.2) is 5.82 Å². The van der Waals surface area contributed by atoms with Gasteiger partial charge in [-0.15, -0.1) is 0 Å². The van der Waals surface area contributed by atoms with Crippen molar-refractivity contribution < 1.29 is 22.3 Å². The second kappa shape index (κ2) is 5.97. The molecule has 0 bridgehead atoms. The third kappa shape index (κ3) is 3.15. The molecule has 112 valence electrons. The van der Waals surface area contributed by atoms with Crippen LogP contribution in [0.4, 0.5) is 14.5 Å². The first-order chi connectivity index (χ1) is 9.86. The first-order valence-electron chi connectivity index (χ1n) is 5.72. The summed E-state index contributed by atoms with van der Waals surface area (Å²) >= 11 is 5.82. The molecule has 0 spiro atoms. The summed E-state index contributed by atoms with van der Waals surface area (Å²) in [6.07, 6.45) is 0. The lowest BCUT2D eigenvalue weighted by Gasteiger charge is -2.12. The monoisotopic (exact) mass is 333 g/mol. The maximum absolute atomic E-state index is 14.0. The molecule has 2 aromatic carbocycles. The number of aliphatic hydroxyl groups is 1. The van der Waals surface area contributed by atoms with Gasteiger partial charge in [-0.05, 0) is 24.3 Å². The van der Waals surface area contributed by atoms with Crippen LogP contribution in [0.3, 0.4) is 0 Å². The fraction of sp³-hybridized carbons (Fsp3) is 0.0769. The van der Waals surface area contributed by atoms with Crippen LogP contribution < -0.4 is 4.72 Å². The highest BCUT2D eigenvalue weighted by Gasteiger charge is 2.24. The molecule has 0 fully saturated rings. The summed E-state index contributed by atoms with van der Waals surface area (Å²) < 4.78 is 53.6. The number of anilines is 1. The van der Waals surface area contributed by atoms with E-state index in [1.165, 1.54) is 12.1 Å². The molecular weight excluding hydrogens is 324 g/mol. The van der Waals surface area contributed by atoms with Crippen molar-refractivity contribution in [3.8, 4) is 0 Å². The van der Waals surface area contributed by atoms with E-state index >= 15 is 0 Å². The summed E-state index contributed by atoms with van der Waals surface area (Å²) in [4.78, 5) is -0.770. The summed E-state index contributed by atoms with van der Waals surface area (Å²) in [7, 11) is -4.30. The van der Waals surface area contributed by atoms with Crippen LogP contribution in [-0.4, -0.2) is 13.5 Å². The van der Waals surface area contributed by atoms with Gasteiger partial charge in [-0.1, -0.05) is 23.7 Å². The van der Waals surface area contributed by atoms with Gasteiger partial charge in [0.25, 0.3) is 10.0 Å². The Bertz CT molecular complexity index is 781. The summed E-state index contributed by atoms with van der Waals surface area (Å²) in [6.45, 7) is -0.951. The molecule has 0 aliphatic rings. The Hall–Kier alpha value is -1.70. The van der Waals surface area contributed by atoms with Gasteiger partial charge in [-0.3, -0.25) is 4.72 Å². The normalized spacial score (nSPS) is 11.4. The second-order valence-corrected chi connectivity index (χ2v) is 6.14. The first-order valence-corrected chi connectivity index (χ1v) is 7.58. The maximum Gasteiger partial charge on any atom is 0.264 e. The van der Waals surface area contributed by atoms with Crippen molar-refractivity contribution in [1.29, 1.82) is 0 Å². The Morgan fingerprint density at radius 3 is 2.43 bits per heavy atom. The molecule has 0 aromatic heterocycles. The minimum atomic E-state index is -4.30. The van der Waals surface area contributed by atoms with Crippen molar-refractivity contribution in [2.45, 2.75) is 11.5 Å². The fourth-order valence-electron chi connectivity index (χ4n) is 1.67. The number of aliphatic hydroxyl groups excluding tert-OH is 1. The molecule has 2 N–H and O–H groups in total. The SMILES string of the molecule is O=S(=O)(Nc1ccccc1Cl)c1ccc(F)c(CO)c1F. The first kappa shape index (κ1) is 15.7. The van der Waals surface area contributed by atoms with Gasteiger partial charge < -0.3 is 5.11 Å². The van der Waals surface area contributed by atoms with E-state index in [0.29, 0.717) is 0 Å². The van der Waals surface area contributed by atoms with E-state index in [0.717, 1.165) is 12.1 Å². The molecule has 0 aliphatic carbocycles. The lowest BCUT2D eigenvalue weighted by atomic mass is 10.2. The van der Waals surface area contributed by atoms with Gasteiger partial charge in [0.2, 0.25) is 0 Å². The predicted octanol–water partition coefficient (Wildman–Crippen LogP) is 2.91. The standard InChI is InChI=1S/C13H10ClF2NO3S/c14-9-3-1-2-4-11(9)17-21(19,20)12-6-5-10(15)8(7-18)13(12)16/h1-6,17-18H,7H2. The Kier molecular flexibility index (Phi) is 4.46. The van der Waals surface area contributed by atoms with Crippen molar-refractivity contribution in [3.63, 3.8) is 0 Å². The lowest BCUT2D eigenvalue weighted by Crippen LogP contribution is -2.16. The van der Waals surface area contributed by atoms with Gasteiger partial charge in [0, 0.05) is 0 Å². The zero-order valence-corrected chi connectivity index (χ0v) is 12.0. The van der Waals surface area contributed by atoms with Crippen molar-refractivity contribution >= 4 is 27.3 Å². The molecule has 2 rings (SSSR count).